The molecule has 0 fully saturated rings. The number of fused-ring (bicyclic) bond motifs is 1. The number of thiophene rings is 1. The van der Waals surface area contributed by atoms with E-state index in [0.29, 0.717) is 10.5 Å². The molecule has 0 spiro atoms. The maximum atomic E-state index is 12.4. The quantitative estimate of drug-likeness (QED) is 0.490. The monoisotopic (exact) mass is 298 g/mol. The Kier molecular flexibility index (Phi) is 4.26. The third kappa shape index (κ3) is 2.66. The van der Waals surface area contributed by atoms with Crippen LogP contribution in [0.25, 0.3) is 10.2 Å². The van der Waals surface area contributed by atoms with E-state index in [1.165, 1.54) is 34.8 Å². The van der Waals surface area contributed by atoms with Gasteiger partial charge in [0.05, 0.1) is 12.5 Å². The molecule has 0 unspecified atom stereocenters. The van der Waals surface area contributed by atoms with E-state index in [9.17, 15) is 9.59 Å². The summed E-state index contributed by atoms with van der Waals surface area (Å²) in [6.45, 7) is 1.93. The van der Waals surface area contributed by atoms with Crippen LogP contribution in [-0.2, 0) is 22.5 Å². The fraction of sp³-hybridized carbons (Fsp3) is 0.417. The van der Waals surface area contributed by atoms with Crippen molar-refractivity contribution in [2.45, 2.75) is 25.0 Å². The number of thioether (sulfide) groups is 1. The number of carbonyl (C=O) groups excluding carboxylic acids is 1. The summed E-state index contributed by atoms with van der Waals surface area (Å²) in [5.41, 5.74) is -0.185. The zero-order chi connectivity index (χ0) is 14.0. The molecular formula is C12H14N2O3S2. The van der Waals surface area contributed by atoms with Gasteiger partial charge in [0.2, 0.25) is 0 Å². The Labute approximate surface area is 118 Å². The van der Waals surface area contributed by atoms with Gasteiger partial charge in [0.15, 0.2) is 5.16 Å². The van der Waals surface area contributed by atoms with Crippen molar-refractivity contribution in [1.82, 2.24) is 9.55 Å². The van der Waals surface area contributed by atoms with Gasteiger partial charge in [-0.05, 0) is 18.7 Å². The molecule has 7 heteroatoms. The van der Waals surface area contributed by atoms with Crippen molar-refractivity contribution in [3.63, 3.8) is 0 Å². The molecule has 0 saturated carbocycles. The van der Waals surface area contributed by atoms with Crippen LogP contribution in [0.3, 0.4) is 0 Å². The Bertz CT molecular complexity index is 675. The second-order valence-corrected chi connectivity index (χ2v) is 5.74. The normalized spacial score (nSPS) is 10.9. The van der Waals surface area contributed by atoms with Gasteiger partial charge in [-0.2, -0.15) is 0 Å². The van der Waals surface area contributed by atoms with Crippen LogP contribution in [0.2, 0.25) is 0 Å². The number of carbonyl (C=O) groups is 1. The molecule has 0 aliphatic heterocycles. The van der Waals surface area contributed by atoms with E-state index in [1.807, 2.05) is 19.2 Å². The van der Waals surface area contributed by atoms with Crippen molar-refractivity contribution in [2.24, 2.45) is 0 Å². The lowest BCUT2D eigenvalue weighted by molar-refractivity contribution is -0.141. The lowest BCUT2D eigenvalue weighted by atomic mass is 10.3. The first kappa shape index (κ1) is 14.1. The Hall–Kier alpha value is -1.34. The van der Waals surface area contributed by atoms with Crippen molar-refractivity contribution >= 4 is 39.3 Å². The molecule has 2 aromatic heterocycles. The lowest BCUT2D eigenvalue weighted by Crippen LogP contribution is -2.27. The molecule has 19 heavy (non-hydrogen) atoms. The summed E-state index contributed by atoms with van der Waals surface area (Å²) in [6.07, 6.45) is 2.70. The highest BCUT2D eigenvalue weighted by Gasteiger charge is 2.15. The summed E-state index contributed by atoms with van der Waals surface area (Å²) >= 11 is 2.86. The van der Waals surface area contributed by atoms with Gasteiger partial charge in [0.25, 0.3) is 5.56 Å². The van der Waals surface area contributed by atoms with Crippen LogP contribution in [0.15, 0.2) is 16.0 Å². The Morgan fingerprint density at radius 1 is 1.58 bits per heavy atom. The van der Waals surface area contributed by atoms with E-state index in [-0.39, 0.29) is 12.1 Å². The van der Waals surface area contributed by atoms with E-state index in [4.69, 9.17) is 0 Å². The van der Waals surface area contributed by atoms with Crippen LogP contribution in [0, 0.1) is 0 Å². The number of hydrogen-bond donors (Lipinski definition) is 0. The SMILES string of the molecule is CCc1cc2c(=O)n(CC(=O)OC)c(SC)nc2s1. The van der Waals surface area contributed by atoms with Gasteiger partial charge in [-0.25, -0.2) is 4.98 Å². The number of esters is 1. The first-order valence-electron chi connectivity index (χ1n) is 5.74. The molecule has 2 aromatic rings. The predicted octanol–water partition coefficient (Wildman–Crippen LogP) is 1.92. The second-order valence-electron chi connectivity index (χ2n) is 3.85. The van der Waals surface area contributed by atoms with E-state index in [2.05, 4.69) is 9.72 Å². The number of ether oxygens (including phenoxy) is 1. The molecule has 0 atom stereocenters. The maximum Gasteiger partial charge on any atom is 0.325 e. The van der Waals surface area contributed by atoms with Gasteiger partial charge < -0.3 is 4.74 Å². The standard InChI is InChI=1S/C12H14N2O3S2/c1-4-7-5-8-10(19-7)13-12(18-3)14(11(8)16)6-9(15)17-2/h5H,4,6H2,1-3H3. The fourth-order valence-corrected chi connectivity index (χ4v) is 3.28. The summed E-state index contributed by atoms with van der Waals surface area (Å²) in [6, 6.07) is 1.85. The van der Waals surface area contributed by atoms with Gasteiger partial charge in [-0.3, -0.25) is 14.2 Å². The van der Waals surface area contributed by atoms with Crippen molar-refractivity contribution in [1.29, 1.82) is 0 Å². The topological polar surface area (TPSA) is 61.2 Å². The van der Waals surface area contributed by atoms with E-state index < -0.39 is 5.97 Å². The minimum absolute atomic E-state index is 0.105. The third-order valence-electron chi connectivity index (χ3n) is 2.71. The smallest absolute Gasteiger partial charge is 0.325 e. The predicted molar refractivity (Wildman–Crippen MR) is 77.1 cm³/mol. The first-order chi connectivity index (χ1) is 9.10. The summed E-state index contributed by atoms with van der Waals surface area (Å²) < 4.78 is 5.98. The van der Waals surface area contributed by atoms with Gasteiger partial charge >= 0.3 is 5.97 Å². The van der Waals surface area contributed by atoms with Gasteiger partial charge in [-0.15, -0.1) is 11.3 Å². The van der Waals surface area contributed by atoms with Crippen LogP contribution in [-0.4, -0.2) is 28.9 Å². The summed E-state index contributed by atoms with van der Waals surface area (Å²) in [5.74, 6) is -0.454. The molecule has 0 aliphatic carbocycles. The molecule has 102 valence electrons. The first-order valence-corrected chi connectivity index (χ1v) is 7.78. The van der Waals surface area contributed by atoms with Crippen LogP contribution in [0.1, 0.15) is 11.8 Å². The molecule has 0 N–H and O–H groups in total. The maximum absolute atomic E-state index is 12.4. The zero-order valence-corrected chi connectivity index (χ0v) is 12.6. The van der Waals surface area contributed by atoms with Gasteiger partial charge in [0.1, 0.15) is 11.4 Å². The van der Waals surface area contributed by atoms with Crippen LogP contribution in [0.5, 0.6) is 0 Å². The Balaban J connectivity index is 2.64. The fourth-order valence-electron chi connectivity index (χ4n) is 1.71. The van der Waals surface area contributed by atoms with Crippen LogP contribution in [0.4, 0.5) is 0 Å². The number of aryl methyl sites for hydroxylation is 1. The lowest BCUT2D eigenvalue weighted by Gasteiger charge is -2.08. The number of nitrogens with zero attached hydrogens (tertiary/aromatic N) is 2. The number of aromatic nitrogens is 2. The second kappa shape index (κ2) is 5.75. The van der Waals surface area contributed by atoms with Crippen LogP contribution >= 0.6 is 23.1 Å². The molecule has 0 amide bonds. The summed E-state index contributed by atoms with van der Waals surface area (Å²) in [4.78, 5) is 30.1. The average Bonchev–Trinajstić information content (AvgIpc) is 2.84. The van der Waals surface area contributed by atoms with Crippen LogP contribution < -0.4 is 5.56 Å². The highest BCUT2D eigenvalue weighted by atomic mass is 32.2. The molecular weight excluding hydrogens is 284 g/mol. The van der Waals surface area contributed by atoms with Crippen molar-refractivity contribution in [3.8, 4) is 0 Å². The molecule has 0 radical (unpaired) electrons. The zero-order valence-electron chi connectivity index (χ0n) is 10.9. The molecule has 0 aromatic carbocycles. The van der Waals surface area contributed by atoms with E-state index in [1.54, 1.807) is 0 Å². The van der Waals surface area contributed by atoms with Crippen molar-refractivity contribution in [2.75, 3.05) is 13.4 Å². The van der Waals surface area contributed by atoms with Gasteiger partial charge in [0, 0.05) is 4.88 Å². The number of methoxy groups -OCH3 is 1. The Morgan fingerprint density at radius 3 is 2.89 bits per heavy atom. The third-order valence-corrected chi connectivity index (χ3v) is 4.56. The van der Waals surface area contributed by atoms with Gasteiger partial charge in [-0.1, -0.05) is 18.7 Å². The molecule has 5 nitrogen and oxygen atoms in total. The molecule has 2 rings (SSSR count). The Morgan fingerprint density at radius 2 is 2.32 bits per heavy atom. The van der Waals surface area contributed by atoms with Crippen molar-refractivity contribution in [3.05, 3.63) is 21.3 Å². The highest BCUT2D eigenvalue weighted by molar-refractivity contribution is 7.98. The molecule has 0 aliphatic rings. The molecule has 0 bridgehead atoms. The largest absolute Gasteiger partial charge is 0.468 e. The number of rotatable bonds is 4. The van der Waals surface area contributed by atoms with Crippen molar-refractivity contribution < 1.29 is 9.53 Å². The van der Waals surface area contributed by atoms with E-state index >= 15 is 0 Å². The van der Waals surface area contributed by atoms with E-state index in [0.717, 1.165) is 16.1 Å². The minimum Gasteiger partial charge on any atom is -0.468 e. The summed E-state index contributed by atoms with van der Waals surface area (Å²) in [5, 5.41) is 1.11. The average molecular weight is 298 g/mol. The summed E-state index contributed by atoms with van der Waals surface area (Å²) in [7, 11) is 1.30. The number of hydrogen-bond acceptors (Lipinski definition) is 6. The highest BCUT2D eigenvalue weighted by Crippen LogP contribution is 2.24. The molecule has 2 heterocycles. The molecule has 0 saturated heterocycles. The minimum atomic E-state index is -0.454.